The van der Waals surface area contributed by atoms with E-state index in [0.717, 1.165) is 7.11 Å². The molecule has 0 saturated carbocycles. The normalized spacial score (nSPS) is 15.7. The third-order valence-electron chi connectivity index (χ3n) is 2.07. The summed E-state index contributed by atoms with van der Waals surface area (Å²) >= 11 is 0. The summed E-state index contributed by atoms with van der Waals surface area (Å²) in [6.07, 6.45) is 0.662. The van der Waals surface area contributed by atoms with E-state index in [9.17, 15) is 13.2 Å². The Morgan fingerprint density at radius 2 is 2.07 bits per heavy atom. The number of ether oxygens (including phenoxy) is 1. The maximum absolute atomic E-state index is 11.5. The van der Waals surface area contributed by atoms with E-state index in [4.69, 9.17) is 5.73 Å². The second-order valence-corrected chi connectivity index (χ2v) is 5.31. The van der Waals surface area contributed by atoms with Crippen molar-refractivity contribution in [1.29, 1.82) is 0 Å². The van der Waals surface area contributed by atoms with Crippen LogP contribution >= 0.6 is 0 Å². The maximum atomic E-state index is 11.5. The fraction of sp³-hybridized carbons (Fsp3) is 0.875. The maximum Gasteiger partial charge on any atom is 0.325 e. The van der Waals surface area contributed by atoms with Gasteiger partial charge in [-0.05, 0) is 13.3 Å². The van der Waals surface area contributed by atoms with Crippen LogP contribution in [0.25, 0.3) is 0 Å². The summed E-state index contributed by atoms with van der Waals surface area (Å²) in [5.41, 5.74) is 5.55. The van der Waals surface area contributed by atoms with Crippen LogP contribution < -0.4 is 10.5 Å². The highest BCUT2D eigenvalue weighted by Gasteiger charge is 2.28. The first-order chi connectivity index (χ1) is 6.85. The van der Waals surface area contributed by atoms with Gasteiger partial charge >= 0.3 is 5.97 Å². The summed E-state index contributed by atoms with van der Waals surface area (Å²) in [5.74, 6) is -0.785. The van der Waals surface area contributed by atoms with Crippen LogP contribution in [0, 0.1) is 0 Å². The monoisotopic (exact) mass is 238 g/mol. The number of esters is 1. The van der Waals surface area contributed by atoms with Crippen molar-refractivity contribution in [3.8, 4) is 0 Å². The number of hydrogen-bond donors (Lipinski definition) is 2. The van der Waals surface area contributed by atoms with E-state index in [2.05, 4.69) is 9.46 Å². The smallest absolute Gasteiger partial charge is 0.325 e. The van der Waals surface area contributed by atoms with Gasteiger partial charge in [0.1, 0.15) is 0 Å². The zero-order chi connectivity index (χ0) is 12.1. The molecule has 15 heavy (non-hydrogen) atoms. The SMILES string of the molecule is CCC(N)CNS(=O)(=O)C(C)C(=O)OC. The zero-order valence-electron chi connectivity index (χ0n) is 9.19. The molecule has 0 aliphatic carbocycles. The first-order valence-corrected chi connectivity index (χ1v) is 6.21. The van der Waals surface area contributed by atoms with Gasteiger partial charge in [-0.25, -0.2) is 13.1 Å². The Kier molecular flexibility index (Phi) is 5.77. The summed E-state index contributed by atoms with van der Waals surface area (Å²) in [7, 11) is -2.54. The summed E-state index contributed by atoms with van der Waals surface area (Å²) < 4.78 is 29.6. The molecule has 2 unspecified atom stereocenters. The lowest BCUT2D eigenvalue weighted by atomic mass is 10.2. The van der Waals surface area contributed by atoms with Gasteiger partial charge < -0.3 is 10.5 Å². The quantitative estimate of drug-likeness (QED) is 0.591. The summed E-state index contributed by atoms with van der Waals surface area (Å²) in [6.45, 7) is 3.24. The second kappa shape index (κ2) is 6.04. The lowest BCUT2D eigenvalue weighted by Gasteiger charge is -2.14. The number of nitrogens with two attached hydrogens (primary N) is 1. The van der Waals surface area contributed by atoms with Gasteiger partial charge in [-0.2, -0.15) is 0 Å². The molecular weight excluding hydrogens is 220 g/mol. The molecule has 0 aliphatic heterocycles. The van der Waals surface area contributed by atoms with E-state index in [1.165, 1.54) is 6.92 Å². The van der Waals surface area contributed by atoms with Gasteiger partial charge in [0.2, 0.25) is 10.0 Å². The highest BCUT2D eigenvalue weighted by atomic mass is 32.2. The molecule has 0 amide bonds. The van der Waals surface area contributed by atoms with Crippen LogP contribution in [0.3, 0.4) is 0 Å². The van der Waals surface area contributed by atoms with Crippen LogP contribution in [-0.2, 0) is 19.6 Å². The lowest BCUT2D eigenvalue weighted by Crippen LogP contribution is -2.43. The topological polar surface area (TPSA) is 98.5 Å². The molecule has 0 bridgehead atoms. The molecular formula is C8H18N2O4S. The van der Waals surface area contributed by atoms with Gasteiger partial charge in [0, 0.05) is 12.6 Å². The first kappa shape index (κ1) is 14.3. The average molecular weight is 238 g/mol. The average Bonchev–Trinajstić information content (AvgIpc) is 2.23. The molecule has 0 spiro atoms. The molecule has 3 N–H and O–H groups in total. The van der Waals surface area contributed by atoms with Crippen LogP contribution in [0.2, 0.25) is 0 Å². The third kappa shape index (κ3) is 4.59. The highest BCUT2D eigenvalue weighted by molar-refractivity contribution is 7.90. The number of sulfonamides is 1. The Bertz CT molecular complexity index is 302. The molecule has 0 aromatic rings. The number of carbonyl (C=O) groups is 1. The van der Waals surface area contributed by atoms with Crippen molar-refractivity contribution in [2.24, 2.45) is 5.73 Å². The molecule has 0 saturated heterocycles. The molecule has 0 aliphatic rings. The van der Waals surface area contributed by atoms with E-state index in [1.54, 1.807) is 0 Å². The van der Waals surface area contributed by atoms with Crippen molar-refractivity contribution in [2.45, 2.75) is 31.6 Å². The van der Waals surface area contributed by atoms with Crippen molar-refractivity contribution in [2.75, 3.05) is 13.7 Å². The number of rotatable bonds is 6. The molecule has 6 nitrogen and oxygen atoms in total. The lowest BCUT2D eigenvalue weighted by molar-refractivity contribution is -0.139. The molecule has 0 rings (SSSR count). The summed E-state index contributed by atoms with van der Waals surface area (Å²) in [6, 6.07) is -0.246. The molecule has 2 atom stereocenters. The minimum Gasteiger partial charge on any atom is -0.468 e. The number of nitrogens with one attached hydrogen (secondary N) is 1. The predicted molar refractivity (Wildman–Crippen MR) is 56.7 cm³/mol. The van der Waals surface area contributed by atoms with Crippen molar-refractivity contribution in [3.63, 3.8) is 0 Å². The molecule has 0 aromatic carbocycles. The van der Waals surface area contributed by atoms with Gasteiger partial charge in [-0.1, -0.05) is 6.92 Å². The standard InChI is InChI=1S/C8H18N2O4S/c1-4-7(9)5-10-15(12,13)6(2)8(11)14-3/h6-7,10H,4-5,9H2,1-3H3. The van der Waals surface area contributed by atoms with Gasteiger partial charge in [0.25, 0.3) is 0 Å². The Morgan fingerprint density at radius 3 is 2.47 bits per heavy atom. The van der Waals surface area contributed by atoms with Gasteiger partial charge in [0.15, 0.2) is 5.25 Å². The third-order valence-corrected chi connectivity index (χ3v) is 3.76. The van der Waals surface area contributed by atoms with E-state index in [0.29, 0.717) is 6.42 Å². The number of hydrogen-bond acceptors (Lipinski definition) is 5. The molecule has 0 radical (unpaired) electrons. The van der Waals surface area contributed by atoms with Crippen molar-refractivity contribution in [3.05, 3.63) is 0 Å². The van der Waals surface area contributed by atoms with Gasteiger partial charge in [0.05, 0.1) is 7.11 Å². The summed E-state index contributed by atoms with van der Waals surface area (Å²) in [4.78, 5) is 11.0. The Labute approximate surface area is 90.2 Å². The number of methoxy groups -OCH3 is 1. The van der Waals surface area contributed by atoms with Crippen molar-refractivity contribution in [1.82, 2.24) is 4.72 Å². The van der Waals surface area contributed by atoms with Crippen molar-refractivity contribution < 1.29 is 17.9 Å². The number of carbonyl (C=O) groups excluding carboxylic acids is 1. The molecule has 0 fully saturated rings. The molecule has 0 aromatic heterocycles. The van der Waals surface area contributed by atoms with Crippen molar-refractivity contribution >= 4 is 16.0 Å². The zero-order valence-corrected chi connectivity index (χ0v) is 10.0. The first-order valence-electron chi connectivity index (χ1n) is 4.67. The minimum absolute atomic E-state index is 0.125. The second-order valence-electron chi connectivity index (χ2n) is 3.23. The van der Waals surface area contributed by atoms with Crippen LogP contribution in [-0.4, -0.2) is 39.3 Å². The largest absolute Gasteiger partial charge is 0.468 e. The highest BCUT2D eigenvalue weighted by Crippen LogP contribution is 2.00. The van der Waals surface area contributed by atoms with E-state index < -0.39 is 21.2 Å². The predicted octanol–water partition coefficient (Wildman–Crippen LogP) is -0.795. The van der Waals surface area contributed by atoms with E-state index >= 15 is 0 Å². The van der Waals surface area contributed by atoms with E-state index in [-0.39, 0.29) is 12.6 Å². The van der Waals surface area contributed by atoms with Crippen LogP contribution in [0.5, 0.6) is 0 Å². The molecule has 7 heteroatoms. The van der Waals surface area contributed by atoms with Crippen LogP contribution in [0.1, 0.15) is 20.3 Å². The Balaban J connectivity index is 4.36. The molecule has 0 heterocycles. The van der Waals surface area contributed by atoms with Gasteiger partial charge in [-0.15, -0.1) is 0 Å². The van der Waals surface area contributed by atoms with Gasteiger partial charge in [-0.3, -0.25) is 4.79 Å². The Morgan fingerprint density at radius 1 is 1.53 bits per heavy atom. The fourth-order valence-corrected chi connectivity index (χ4v) is 1.83. The fourth-order valence-electron chi connectivity index (χ4n) is 0.785. The van der Waals surface area contributed by atoms with Crippen LogP contribution in [0.4, 0.5) is 0 Å². The van der Waals surface area contributed by atoms with E-state index in [1.807, 2.05) is 6.92 Å². The Hall–Kier alpha value is -0.660. The van der Waals surface area contributed by atoms with Crippen LogP contribution in [0.15, 0.2) is 0 Å². The minimum atomic E-state index is -3.68. The molecule has 90 valence electrons. The summed E-state index contributed by atoms with van der Waals surface area (Å²) in [5, 5.41) is -1.22.